The van der Waals surface area contributed by atoms with Crippen molar-refractivity contribution in [2.24, 2.45) is 0 Å². The monoisotopic (exact) mass is 762 g/mol. The lowest BCUT2D eigenvalue weighted by Crippen LogP contribution is -2.48. The summed E-state index contributed by atoms with van der Waals surface area (Å²) in [7, 11) is -2.46. The number of hydrogen-bond donors (Lipinski definition) is 0. The van der Waals surface area contributed by atoms with Crippen LogP contribution in [0.3, 0.4) is 0 Å². The number of aromatic nitrogens is 5. The van der Waals surface area contributed by atoms with Crippen LogP contribution in [-0.2, 0) is 43.0 Å². The average Bonchev–Trinajstić information content (AvgIpc) is 3.90. The molecule has 8 rings (SSSR count). The minimum Gasteiger partial charge on any atom is -0.497 e. The average molecular weight is 763 g/mol. The van der Waals surface area contributed by atoms with E-state index in [0.717, 1.165) is 59.6 Å². The third-order valence-corrected chi connectivity index (χ3v) is 13.8. The molecular formula is C37H39ClN6O6S2. The van der Waals surface area contributed by atoms with Crippen LogP contribution in [0.1, 0.15) is 28.8 Å². The Balaban J connectivity index is 1.04. The highest BCUT2D eigenvalue weighted by Crippen LogP contribution is 2.45. The molecule has 2 fully saturated rings. The van der Waals surface area contributed by atoms with Crippen molar-refractivity contribution in [2.75, 3.05) is 53.2 Å². The van der Waals surface area contributed by atoms with Crippen molar-refractivity contribution < 1.29 is 27.4 Å². The summed E-state index contributed by atoms with van der Waals surface area (Å²) in [5.41, 5.74) is 2.63. The summed E-state index contributed by atoms with van der Waals surface area (Å²) in [6, 6.07) is 13.3. The SMILES string of the molecule is COc1ccc(COC2(c3ncc(C4=CCC(C)(S(=O)(=O)n5c(-c6cnn(CCN7CCOCC7)c6)cc6cccnc65)C=C4Cl)s3)COC2)cc1. The molecule has 0 radical (unpaired) electrons. The number of methoxy groups -OCH3 is 1. The number of ether oxygens (including phenoxy) is 4. The molecule has 12 nitrogen and oxygen atoms in total. The summed E-state index contributed by atoms with van der Waals surface area (Å²) in [5, 5.41) is 6.42. The molecule has 272 valence electrons. The number of benzene rings is 1. The Labute approximate surface area is 311 Å². The van der Waals surface area contributed by atoms with Gasteiger partial charge in [0, 0.05) is 59.8 Å². The molecule has 52 heavy (non-hydrogen) atoms. The van der Waals surface area contributed by atoms with Crippen LogP contribution in [0.25, 0.3) is 27.9 Å². The molecule has 4 aromatic heterocycles. The summed E-state index contributed by atoms with van der Waals surface area (Å²) < 4.78 is 54.2. The maximum Gasteiger partial charge on any atom is 0.250 e. The van der Waals surface area contributed by atoms with Gasteiger partial charge >= 0.3 is 0 Å². The Morgan fingerprint density at radius 1 is 1.04 bits per heavy atom. The highest BCUT2D eigenvalue weighted by molar-refractivity contribution is 7.91. The summed E-state index contributed by atoms with van der Waals surface area (Å²) in [6.07, 6.45) is 10.7. The van der Waals surface area contributed by atoms with Gasteiger partial charge in [-0.25, -0.2) is 22.4 Å². The van der Waals surface area contributed by atoms with Gasteiger partial charge in [0.25, 0.3) is 0 Å². The van der Waals surface area contributed by atoms with Crippen LogP contribution in [0.15, 0.2) is 84.4 Å². The zero-order chi connectivity index (χ0) is 35.9. The Hall–Kier alpha value is -3.89. The summed E-state index contributed by atoms with van der Waals surface area (Å²) in [6.45, 7) is 7.61. The molecule has 6 heterocycles. The molecular weight excluding hydrogens is 724 g/mol. The van der Waals surface area contributed by atoms with Crippen LogP contribution >= 0.6 is 22.9 Å². The van der Waals surface area contributed by atoms with Crippen molar-refractivity contribution in [1.82, 2.24) is 28.6 Å². The van der Waals surface area contributed by atoms with Crippen molar-refractivity contribution in [1.29, 1.82) is 0 Å². The topological polar surface area (TPSA) is 123 Å². The van der Waals surface area contributed by atoms with E-state index in [-0.39, 0.29) is 6.42 Å². The molecule has 0 bridgehead atoms. The van der Waals surface area contributed by atoms with Gasteiger partial charge in [0.15, 0.2) is 11.2 Å². The number of rotatable bonds is 12. The lowest BCUT2D eigenvalue weighted by Gasteiger charge is -2.39. The molecule has 1 atom stereocenters. The molecule has 0 N–H and O–H groups in total. The molecule has 0 spiro atoms. The highest BCUT2D eigenvalue weighted by atomic mass is 35.5. The smallest absolute Gasteiger partial charge is 0.250 e. The van der Waals surface area contributed by atoms with Crippen LogP contribution < -0.4 is 4.74 Å². The second-order valence-electron chi connectivity index (χ2n) is 13.4. The number of halogens is 1. The second-order valence-corrected chi connectivity index (χ2v) is 17.1. The molecule has 2 saturated heterocycles. The quantitative estimate of drug-likeness (QED) is 0.157. The summed E-state index contributed by atoms with van der Waals surface area (Å²) >= 11 is 8.45. The summed E-state index contributed by atoms with van der Waals surface area (Å²) in [4.78, 5) is 12.4. The Kier molecular flexibility index (Phi) is 9.57. The number of fused-ring (bicyclic) bond motifs is 1. The molecule has 1 unspecified atom stereocenters. The number of allylic oxidation sites excluding steroid dienone is 3. The maximum atomic E-state index is 14.8. The van der Waals surface area contributed by atoms with E-state index in [2.05, 4.69) is 15.0 Å². The maximum absolute atomic E-state index is 14.8. The van der Waals surface area contributed by atoms with Gasteiger partial charge in [0.05, 0.1) is 63.5 Å². The van der Waals surface area contributed by atoms with Crippen LogP contribution in [0.2, 0.25) is 0 Å². The van der Waals surface area contributed by atoms with Gasteiger partial charge in [-0.1, -0.05) is 29.8 Å². The van der Waals surface area contributed by atoms with Crippen LogP contribution in [-0.4, -0.2) is 95.0 Å². The van der Waals surface area contributed by atoms with Crippen molar-refractivity contribution in [3.05, 3.63) is 99.9 Å². The fourth-order valence-corrected chi connectivity index (χ4v) is 10.1. The third-order valence-electron chi connectivity index (χ3n) is 9.93. The van der Waals surface area contributed by atoms with Gasteiger partial charge < -0.3 is 18.9 Å². The first-order valence-corrected chi connectivity index (χ1v) is 19.8. The standard InChI is InChI=1S/C37H39ClN6O6S2/c1-36(10-9-30(31(38)19-36)33-21-40-35(51-33)37(24-49-25-37)50-23-26-5-7-29(47-2)8-6-26)52(45,46)44-32(18-27-4-3-11-39-34(27)44)28-20-41-43(22-28)13-12-42-14-16-48-17-15-42/h3-9,11,18-22H,10,12-17,23-25H2,1-2H3. The van der Waals surface area contributed by atoms with Gasteiger partial charge in [-0.2, -0.15) is 5.10 Å². The van der Waals surface area contributed by atoms with Crippen LogP contribution in [0, 0.1) is 0 Å². The Morgan fingerprint density at radius 3 is 2.58 bits per heavy atom. The lowest BCUT2D eigenvalue weighted by atomic mass is 9.97. The Bertz CT molecular complexity index is 2250. The molecule has 15 heteroatoms. The largest absolute Gasteiger partial charge is 0.497 e. The first-order valence-electron chi connectivity index (χ1n) is 17.1. The van der Waals surface area contributed by atoms with E-state index >= 15 is 0 Å². The van der Waals surface area contributed by atoms with E-state index in [0.29, 0.717) is 53.7 Å². The predicted molar refractivity (Wildman–Crippen MR) is 200 cm³/mol. The van der Waals surface area contributed by atoms with Crippen molar-refractivity contribution in [3.63, 3.8) is 0 Å². The van der Waals surface area contributed by atoms with E-state index in [9.17, 15) is 8.42 Å². The number of hydrogen-bond acceptors (Lipinski definition) is 11. The lowest BCUT2D eigenvalue weighted by molar-refractivity contribution is -0.222. The number of nitrogens with zero attached hydrogens (tertiary/aromatic N) is 6. The van der Waals surface area contributed by atoms with Crippen molar-refractivity contribution >= 4 is 49.6 Å². The van der Waals surface area contributed by atoms with E-state index in [1.54, 1.807) is 44.8 Å². The van der Waals surface area contributed by atoms with Gasteiger partial charge in [-0.15, -0.1) is 11.3 Å². The molecule has 1 aliphatic carbocycles. The predicted octanol–water partition coefficient (Wildman–Crippen LogP) is 5.69. The molecule has 0 saturated carbocycles. The van der Waals surface area contributed by atoms with Gasteiger partial charge in [-0.3, -0.25) is 9.58 Å². The van der Waals surface area contributed by atoms with Gasteiger partial charge in [0.1, 0.15) is 15.5 Å². The molecule has 5 aromatic rings. The van der Waals surface area contributed by atoms with E-state index < -0.39 is 20.4 Å². The summed E-state index contributed by atoms with van der Waals surface area (Å²) in [5.74, 6) is 0.783. The first kappa shape index (κ1) is 35.2. The minimum atomic E-state index is -4.10. The third kappa shape index (κ3) is 6.50. The van der Waals surface area contributed by atoms with E-state index in [1.807, 2.05) is 53.4 Å². The molecule has 1 aromatic carbocycles. The first-order chi connectivity index (χ1) is 25.2. The fraction of sp³-hybridized carbons (Fsp3) is 0.378. The minimum absolute atomic E-state index is 0.196. The Morgan fingerprint density at radius 2 is 1.85 bits per heavy atom. The molecule has 2 aliphatic heterocycles. The number of morpholine rings is 1. The molecule has 0 amide bonds. The highest BCUT2D eigenvalue weighted by Gasteiger charge is 2.46. The van der Waals surface area contributed by atoms with E-state index in [1.165, 1.54) is 15.3 Å². The van der Waals surface area contributed by atoms with Crippen molar-refractivity contribution in [2.45, 2.75) is 36.8 Å². The van der Waals surface area contributed by atoms with Gasteiger partial charge in [-0.05, 0) is 55.3 Å². The van der Waals surface area contributed by atoms with Crippen LogP contribution in [0.5, 0.6) is 5.75 Å². The van der Waals surface area contributed by atoms with Crippen molar-refractivity contribution in [3.8, 4) is 17.0 Å². The van der Waals surface area contributed by atoms with E-state index in [4.69, 9.17) is 35.5 Å². The van der Waals surface area contributed by atoms with Crippen LogP contribution in [0.4, 0.5) is 0 Å². The molecule has 3 aliphatic rings. The number of thiazole rings is 1. The fourth-order valence-electron chi connectivity index (χ4n) is 6.66. The second kappa shape index (κ2) is 14.2. The zero-order valence-corrected chi connectivity index (χ0v) is 31.3. The number of pyridine rings is 1. The van der Waals surface area contributed by atoms with Gasteiger partial charge in [0.2, 0.25) is 10.0 Å². The zero-order valence-electron chi connectivity index (χ0n) is 28.9. The normalized spacial score (nSPS) is 20.8.